The van der Waals surface area contributed by atoms with Gasteiger partial charge in [0.2, 0.25) is 0 Å². The molecule has 0 fully saturated rings. The summed E-state index contributed by atoms with van der Waals surface area (Å²) in [4.78, 5) is 13.2. The number of hydrogen-bond donors (Lipinski definition) is 0. The number of anilines is 1. The molecule has 1 aliphatic rings. The summed E-state index contributed by atoms with van der Waals surface area (Å²) in [5.41, 5.74) is 0. The van der Waals surface area contributed by atoms with Gasteiger partial charge in [-0.1, -0.05) is 6.07 Å². The highest BCUT2D eigenvalue weighted by molar-refractivity contribution is 5.92. The van der Waals surface area contributed by atoms with Crippen molar-refractivity contribution >= 4 is 11.7 Å². The number of carbonyl (C=O) groups is 1. The largest absolute Gasteiger partial charge is 0.351 e. The van der Waals surface area contributed by atoms with E-state index in [9.17, 15) is 4.79 Å². The van der Waals surface area contributed by atoms with Gasteiger partial charge in [-0.25, -0.2) is 9.36 Å². The first-order valence-electron chi connectivity index (χ1n) is 4.48. The normalized spacial score (nSPS) is 13.9. The minimum absolute atomic E-state index is 0.0615. The molecule has 0 saturated carbocycles. The Kier molecular flexibility index (Phi) is 2.15. The van der Waals surface area contributed by atoms with E-state index in [4.69, 9.17) is 5.26 Å². The zero-order valence-electron chi connectivity index (χ0n) is 7.68. The molecule has 0 radical (unpaired) electrons. The summed E-state index contributed by atoms with van der Waals surface area (Å²) in [7, 11) is 0. The van der Waals surface area contributed by atoms with Crippen LogP contribution in [-0.4, -0.2) is 12.5 Å². The van der Waals surface area contributed by atoms with Gasteiger partial charge in [0, 0.05) is 6.07 Å². The van der Waals surface area contributed by atoms with Gasteiger partial charge in [0.15, 0.2) is 6.54 Å². The molecule has 14 heavy (non-hydrogen) atoms. The highest BCUT2D eigenvalue weighted by Gasteiger charge is 2.34. The lowest BCUT2D eigenvalue weighted by Crippen LogP contribution is -2.30. The fraction of sp³-hybridized carbons (Fsp3) is 0.300. The van der Waals surface area contributed by atoms with E-state index in [0.29, 0.717) is 19.5 Å². The molecule has 4 heteroatoms. The van der Waals surface area contributed by atoms with Crippen LogP contribution in [0.1, 0.15) is 6.42 Å². The summed E-state index contributed by atoms with van der Waals surface area (Å²) < 4.78 is 1.89. The number of nitrogens with zero attached hydrogens (tertiary/aromatic N) is 3. The van der Waals surface area contributed by atoms with Gasteiger partial charge in [0.1, 0.15) is 6.54 Å². The molecule has 2 rings (SSSR count). The van der Waals surface area contributed by atoms with Gasteiger partial charge in [-0.2, -0.15) is 10.2 Å². The standard InChI is InChI=1S/C10H10N3O/c11-5-3-7-13-9-4-1-2-6-12(9)8-10(13)14/h1-2,4,6H,3,7-8H2/q+1. The third kappa shape index (κ3) is 1.33. The maximum atomic E-state index is 11.5. The van der Waals surface area contributed by atoms with E-state index in [1.165, 1.54) is 0 Å². The summed E-state index contributed by atoms with van der Waals surface area (Å²) in [6.07, 6.45) is 2.25. The van der Waals surface area contributed by atoms with Crippen LogP contribution >= 0.6 is 0 Å². The van der Waals surface area contributed by atoms with Crippen LogP contribution < -0.4 is 9.47 Å². The smallest absolute Gasteiger partial charge is 0.242 e. The van der Waals surface area contributed by atoms with Crippen molar-refractivity contribution < 1.29 is 9.36 Å². The third-order valence-electron chi connectivity index (χ3n) is 2.25. The van der Waals surface area contributed by atoms with Crippen LogP contribution in [0, 0.1) is 11.3 Å². The molecule has 1 aliphatic heterocycles. The predicted octanol–water partition coefficient (Wildman–Crippen LogP) is 0.234. The number of fused-ring (bicyclic) bond motifs is 1. The summed E-state index contributed by atoms with van der Waals surface area (Å²) in [5.74, 6) is 0.944. The number of pyridine rings is 1. The second-order valence-corrected chi connectivity index (χ2v) is 3.14. The van der Waals surface area contributed by atoms with Crippen molar-refractivity contribution in [3.05, 3.63) is 24.4 Å². The van der Waals surface area contributed by atoms with Crippen LogP contribution in [0.25, 0.3) is 0 Å². The third-order valence-corrected chi connectivity index (χ3v) is 2.25. The van der Waals surface area contributed by atoms with Gasteiger partial charge < -0.3 is 0 Å². The zero-order chi connectivity index (χ0) is 9.97. The fourth-order valence-corrected chi connectivity index (χ4v) is 1.61. The number of carbonyl (C=O) groups excluding carboxylic acids is 1. The van der Waals surface area contributed by atoms with Crippen LogP contribution in [0.2, 0.25) is 0 Å². The first kappa shape index (κ1) is 8.70. The molecule has 2 heterocycles. The highest BCUT2D eigenvalue weighted by Crippen LogP contribution is 2.13. The first-order valence-corrected chi connectivity index (χ1v) is 4.48. The van der Waals surface area contributed by atoms with Gasteiger partial charge in [0.25, 0.3) is 5.82 Å². The molecule has 1 aromatic heterocycles. The topological polar surface area (TPSA) is 48.0 Å². The van der Waals surface area contributed by atoms with E-state index in [0.717, 1.165) is 5.82 Å². The van der Waals surface area contributed by atoms with E-state index in [-0.39, 0.29) is 5.91 Å². The molecule has 0 bridgehead atoms. The van der Waals surface area contributed by atoms with Crippen molar-refractivity contribution in [3.8, 4) is 6.07 Å². The molecule has 0 spiro atoms. The Morgan fingerprint density at radius 1 is 1.57 bits per heavy atom. The van der Waals surface area contributed by atoms with Crippen molar-refractivity contribution in [3.63, 3.8) is 0 Å². The molecule has 0 saturated heterocycles. The molecule has 0 unspecified atom stereocenters. The molecule has 0 N–H and O–H groups in total. The van der Waals surface area contributed by atoms with E-state index in [1.54, 1.807) is 4.90 Å². The Morgan fingerprint density at radius 3 is 3.21 bits per heavy atom. The van der Waals surface area contributed by atoms with E-state index in [1.807, 2.05) is 35.0 Å². The lowest BCUT2D eigenvalue weighted by Gasteiger charge is -2.04. The maximum absolute atomic E-state index is 11.5. The Labute approximate surface area is 82.0 Å². The van der Waals surface area contributed by atoms with Gasteiger partial charge in [-0.05, 0) is 6.07 Å². The number of amides is 1. The molecule has 1 amide bonds. The molecule has 70 valence electrons. The minimum atomic E-state index is 0.0615. The minimum Gasteiger partial charge on any atom is -0.242 e. The number of hydrogen-bond acceptors (Lipinski definition) is 2. The lowest BCUT2D eigenvalue weighted by molar-refractivity contribution is -0.664. The van der Waals surface area contributed by atoms with Crippen LogP contribution in [0.3, 0.4) is 0 Å². The Bertz CT molecular complexity index is 408. The summed E-state index contributed by atoms with van der Waals surface area (Å²) >= 11 is 0. The van der Waals surface area contributed by atoms with Gasteiger partial charge in [0.05, 0.1) is 18.7 Å². The van der Waals surface area contributed by atoms with Crippen molar-refractivity contribution in [1.29, 1.82) is 5.26 Å². The van der Waals surface area contributed by atoms with Crippen molar-refractivity contribution in [2.24, 2.45) is 0 Å². The van der Waals surface area contributed by atoms with Crippen LogP contribution in [0.15, 0.2) is 24.4 Å². The molecule has 1 aromatic rings. The zero-order valence-corrected chi connectivity index (χ0v) is 7.68. The number of rotatable bonds is 2. The Balaban J connectivity index is 2.26. The monoisotopic (exact) mass is 188 g/mol. The molecule has 0 atom stereocenters. The molecular formula is C10H10N3O+. The average molecular weight is 188 g/mol. The quantitative estimate of drug-likeness (QED) is 0.624. The SMILES string of the molecule is N#CCCN1C(=O)C[n+]2ccccc21. The van der Waals surface area contributed by atoms with Crippen molar-refractivity contribution in [1.82, 2.24) is 0 Å². The predicted molar refractivity (Wildman–Crippen MR) is 49.2 cm³/mol. The van der Waals surface area contributed by atoms with E-state index >= 15 is 0 Å². The van der Waals surface area contributed by atoms with Gasteiger partial charge in [-0.3, -0.25) is 0 Å². The maximum Gasteiger partial charge on any atom is 0.351 e. The summed E-state index contributed by atoms with van der Waals surface area (Å²) in [6, 6.07) is 7.72. The number of nitriles is 1. The fourth-order valence-electron chi connectivity index (χ4n) is 1.61. The molecule has 4 nitrogen and oxygen atoms in total. The molecular weight excluding hydrogens is 178 g/mol. The second-order valence-electron chi connectivity index (χ2n) is 3.14. The highest BCUT2D eigenvalue weighted by atomic mass is 16.2. The van der Waals surface area contributed by atoms with Crippen LogP contribution in [-0.2, 0) is 11.3 Å². The van der Waals surface area contributed by atoms with Gasteiger partial charge >= 0.3 is 5.91 Å². The van der Waals surface area contributed by atoms with Gasteiger partial charge in [-0.15, -0.1) is 0 Å². The van der Waals surface area contributed by atoms with E-state index < -0.39 is 0 Å². The lowest BCUT2D eigenvalue weighted by atomic mass is 10.4. The van der Waals surface area contributed by atoms with Crippen molar-refractivity contribution in [2.75, 3.05) is 11.4 Å². The van der Waals surface area contributed by atoms with Crippen LogP contribution in [0.5, 0.6) is 0 Å². The van der Waals surface area contributed by atoms with E-state index in [2.05, 4.69) is 0 Å². The Morgan fingerprint density at radius 2 is 2.43 bits per heavy atom. The average Bonchev–Trinajstić information content (AvgIpc) is 2.51. The molecule has 0 aliphatic carbocycles. The second kappa shape index (κ2) is 3.46. The van der Waals surface area contributed by atoms with Crippen molar-refractivity contribution in [2.45, 2.75) is 13.0 Å². The van der Waals surface area contributed by atoms with Crippen LogP contribution in [0.4, 0.5) is 5.82 Å². The summed E-state index contributed by atoms with van der Waals surface area (Å²) in [6.45, 7) is 0.876. The molecule has 0 aromatic carbocycles. The first-order chi connectivity index (χ1) is 6.83. The number of aromatic nitrogens is 1. The Hall–Kier alpha value is -1.89. The summed E-state index contributed by atoms with van der Waals surface area (Å²) in [5, 5.41) is 8.47.